The summed E-state index contributed by atoms with van der Waals surface area (Å²) in [5.74, 6) is 1.64. The first-order valence-corrected chi connectivity index (χ1v) is 5.04. The third kappa shape index (κ3) is 1.94. The van der Waals surface area contributed by atoms with E-state index in [2.05, 4.69) is 9.97 Å². The minimum Gasteiger partial charge on any atom is -0.399 e. The molecule has 5 heteroatoms. The lowest BCUT2D eigenvalue weighted by Crippen LogP contribution is -2.02. The van der Waals surface area contributed by atoms with Gasteiger partial charge in [0.1, 0.15) is 16.8 Å². The van der Waals surface area contributed by atoms with Crippen molar-refractivity contribution in [2.75, 3.05) is 5.73 Å². The van der Waals surface area contributed by atoms with Crippen LogP contribution >= 0.6 is 11.6 Å². The third-order valence-corrected chi connectivity index (χ3v) is 2.28. The van der Waals surface area contributed by atoms with Gasteiger partial charge in [0.15, 0.2) is 0 Å². The van der Waals surface area contributed by atoms with Crippen LogP contribution in [0.25, 0.3) is 5.82 Å². The fourth-order valence-electron chi connectivity index (χ4n) is 1.43. The molecule has 0 radical (unpaired) electrons. The largest absolute Gasteiger partial charge is 0.399 e. The average molecular weight is 223 g/mol. The van der Waals surface area contributed by atoms with E-state index in [1.54, 1.807) is 18.3 Å². The van der Waals surface area contributed by atoms with Crippen molar-refractivity contribution in [1.82, 2.24) is 14.5 Å². The Hall–Kier alpha value is -1.55. The highest BCUT2D eigenvalue weighted by atomic mass is 35.5. The highest BCUT2D eigenvalue weighted by Gasteiger charge is 2.05. The van der Waals surface area contributed by atoms with Crippen LogP contribution in [0.4, 0.5) is 5.69 Å². The van der Waals surface area contributed by atoms with Gasteiger partial charge in [0.05, 0.1) is 0 Å². The quantitative estimate of drug-likeness (QED) is 0.792. The lowest BCUT2D eigenvalue weighted by Gasteiger charge is -2.06. The van der Waals surface area contributed by atoms with Gasteiger partial charge in [-0.25, -0.2) is 9.97 Å². The Morgan fingerprint density at radius 3 is 2.93 bits per heavy atom. The first-order chi connectivity index (χ1) is 7.20. The maximum absolute atomic E-state index is 5.84. The monoisotopic (exact) mass is 222 g/mol. The molecule has 0 aromatic carbocycles. The van der Waals surface area contributed by atoms with Gasteiger partial charge < -0.3 is 5.73 Å². The SMILES string of the molecule is CCc1nccn1-c1cc(N)cc(Cl)n1. The summed E-state index contributed by atoms with van der Waals surface area (Å²) < 4.78 is 1.88. The van der Waals surface area contributed by atoms with Gasteiger partial charge in [0.25, 0.3) is 0 Å². The second-order valence-electron chi connectivity index (χ2n) is 3.15. The Kier molecular flexibility index (Phi) is 2.60. The lowest BCUT2D eigenvalue weighted by atomic mass is 10.4. The van der Waals surface area contributed by atoms with E-state index in [1.807, 2.05) is 17.7 Å². The number of imidazole rings is 1. The van der Waals surface area contributed by atoms with Gasteiger partial charge in [0, 0.05) is 30.6 Å². The lowest BCUT2D eigenvalue weighted by molar-refractivity contribution is 0.868. The molecule has 0 bridgehead atoms. The number of nitrogens with two attached hydrogens (primary N) is 1. The second kappa shape index (κ2) is 3.90. The zero-order valence-corrected chi connectivity index (χ0v) is 9.07. The predicted octanol–water partition coefficient (Wildman–Crippen LogP) is 2.07. The number of halogens is 1. The molecule has 0 unspecified atom stereocenters. The van der Waals surface area contributed by atoms with Gasteiger partial charge in [-0.15, -0.1) is 0 Å². The summed E-state index contributed by atoms with van der Waals surface area (Å²) in [7, 11) is 0. The van der Waals surface area contributed by atoms with Crippen molar-refractivity contribution in [1.29, 1.82) is 0 Å². The Morgan fingerprint density at radius 1 is 1.47 bits per heavy atom. The first kappa shape index (κ1) is 9.98. The van der Waals surface area contributed by atoms with Crippen LogP contribution in [0.15, 0.2) is 24.5 Å². The Morgan fingerprint density at radius 2 is 2.27 bits per heavy atom. The molecule has 0 fully saturated rings. The summed E-state index contributed by atoms with van der Waals surface area (Å²) in [5, 5.41) is 0.390. The Labute approximate surface area is 92.7 Å². The van der Waals surface area contributed by atoms with Crippen molar-refractivity contribution in [3.05, 3.63) is 35.5 Å². The first-order valence-electron chi connectivity index (χ1n) is 4.66. The maximum Gasteiger partial charge on any atom is 0.141 e. The molecule has 4 nitrogen and oxygen atoms in total. The zero-order valence-electron chi connectivity index (χ0n) is 8.31. The molecule has 0 aliphatic heterocycles. The molecule has 0 amide bonds. The molecule has 2 N–H and O–H groups in total. The zero-order chi connectivity index (χ0) is 10.8. The van der Waals surface area contributed by atoms with Crippen LogP contribution in [0.1, 0.15) is 12.7 Å². The molecular weight excluding hydrogens is 212 g/mol. The molecule has 15 heavy (non-hydrogen) atoms. The maximum atomic E-state index is 5.84. The molecule has 0 atom stereocenters. The van der Waals surface area contributed by atoms with E-state index < -0.39 is 0 Å². The summed E-state index contributed by atoms with van der Waals surface area (Å²) in [5.41, 5.74) is 6.30. The van der Waals surface area contributed by atoms with E-state index in [-0.39, 0.29) is 0 Å². The van der Waals surface area contributed by atoms with Crippen LogP contribution in [0, 0.1) is 0 Å². The average Bonchev–Trinajstić information content (AvgIpc) is 2.63. The smallest absolute Gasteiger partial charge is 0.141 e. The van der Waals surface area contributed by atoms with Gasteiger partial charge in [0.2, 0.25) is 0 Å². The van der Waals surface area contributed by atoms with Gasteiger partial charge >= 0.3 is 0 Å². The van der Waals surface area contributed by atoms with Crippen molar-refractivity contribution < 1.29 is 0 Å². The number of hydrogen-bond donors (Lipinski definition) is 1. The molecule has 0 aliphatic carbocycles. The third-order valence-electron chi connectivity index (χ3n) is 2.08. The second-order valence-corrected chi connectivity index (χ2v) is 3.54. The molecule has 2 rings (SSSR count). The van der Waals surface area contributed by atoms with Crippen LogP contribution in [-0.4, -0.2) is 14.5 Å². The number of anilines is 1. The molecule has 0 spiro atoms. The van der Waals surface area contributed by atoms with Crippen LogP contribution < -0.4 is 5.73 Å². The molecule has 0 aliphatic rings. The topological polar surface area (TPSA) is 56.7 Å². The number of aryl methyl sites for hydroxylation is 1. The van der Waals surface area contributed by atoms with Crippen molar-refractivity contribution in [3.8, 4) is 5.82 Å². The van der Waals surface area contributed by atoms with E-state index in [4.69, 9.17) is 17.3 Å². The molecule has 78 valence electrons. The van der Waals surface area contributed by atoms with E-state index >= 15 is 0 Å². The normalized spacial score (nSPS) is 10.5. The van der Waals surface area contributed by atoms with Crippen LogP contribution in [-0.2, 0) is 6.42 Å². The van der Waals surface area contributed by atoms with Gasteiger partial charge in [-0.1, -0.05) is 18.5 Å². The summed E-state index contributed by atoms with van der Waals surface area (Å²) in [4.78, 5) is 8.40. The number of pyridine rings is 1. The molecule has 0 saturated carbocycles. The van der Waals surface area contributed by atoms with Crippen LogP contribution in [0.2, 0.25) is 5.15 Å². The van der Waals surface area contributed by atoms with E-state index in [9.17, 15) is 0 Å². The molecular formula is C10H11ClN4. The van der Waals surface area contributed by atoms with E-state index in [0.29, 0.717) is 16.7 Å². The Balaban J connectivity index is 2.53. The summed E-state index contributed by atoms with van der Waals surface area (Å²) in [6.45, 7) is 2.03. The summed E-state index contributed by atoms with van der Waals surface area (Å²) in [6, 6.07) is 3.39. The van der Waals surface area contributed by atoms with E-state index in [0.717, 1.165) is 12.2 Å². The van der Waals surface area contributed by atoms with Crippen molar-refractivity contribution in [3.63, 3.8) is 0 Å². The van der Waals surface area contributed by atoms with Crippen molar-refractivity contribution >= 4 is 17.3 Å². The fraction of sp³-hybridized carbons (Fsp3) is 0.200. The fourth-order valence-corrected chi connectivity index (χ4v) is 1.64. The van der Waals surface area contributed by atoms with Crippen LogP contribution in [0.3, 0.4) is 0 Å². The minimum absolute atomic E-state index is 0.390. The van der Waals surface area contributed by atoms with Gasteiger partial charge in [-0.3, -0.25) is 4.57 Å². The highest BCUT2D eigenvalue weighted by molar-refractivity contribution is 6.29. The molecule has 2 aromatic heterocycles. The number of nitrogen functional groups attached to an aromatic ring is 1. The number of rotatable bonds is 2. The molecule has 0 saturated heterocycles. The van der Waals surface area contributed by atoms with Crippen molar-refractivity contribution in [2.45, 2.75) is 13.3 Å². The standard InChI is InChI=1S/C10H11ClN4/c1-2-9-13-3-4-15(9)10-6-7(12)5-8(11)14-10/h3-6H,2H2,1H3,(H2,12,14). The number of nitrogens with zero attached hydrogens (tertiary/aromatic N) is 3. The van der Waals surface area contributed by atoms with Crippen molar-refractivity contribution in [2.24, 2.45) is 0 Å². The summed E-state index contributed by atoms with van der Waals surface area (Å²) >= 11 is 5.84. The Bertz CT molecular complexity index is 458. The van der Waals surface area contributed by atoms with Gasteiger partial charge in [-0.2, -0.15) is 0 Å². The number of aromatic nitrogens is 3. The minimum atomic E-state index is 0.390. The van der Waals surface area contributed by atoms with Gasteiger partial charge in [-0.05, 0) is 6.07 Å². The van der Waals surface area contributed by atoms with Crippen LogP contribution in [0.5, 0.6) is 0 Å². The number of hydrogen-bond acceptors (Lipinski definition) is 3. The van der Waals surface area contributed by atoms with E-state index in [1.165, 1.54) is 0 Å². The highest BCUT2D eigenvalue weighted by Crippen LogP contribution is 2.16. The molecule has 2 aromatic rings. The summed E-state index contributed by atoms with van der Waals surface area (Å²) in [6.07, 6.45) is 4.41. The predicted molar refractivity (Wildman–Crippen MR) is 60.2 cm³/mol. The molecule has 2 heterocycles.